The highest BCUT2D eigenvalue weighted by molar-refractivity contribution is 7.78. The molecule has 0 bridgehead atoms. The monoisotopic (exact) mass is 154 g/mol. The second kappa shape index (κ2) is 4.43. The van der Waals surface area contributed by atoms with Crippen LogP contribution in [-0.4, -0.2) is 5.02 Å². The van der Waals surface area contributed by atoms with Gasteiger partial charge in [0, 0.05) is 5.92 Å². The molecular formula is C9H14S. The molecular weight excluding hydrogens is 140 g/mol. The van der Waals surface area contributed by atoms with Gasteiger partial charge >= 0.3 is 0 Å². The molecule has 0 aromatic carbocycles. The molecule has 0 aliphatic carbocycles. The molecule has 0 spiro atoms. The van der Waals surface area contributed by atoms with E-state index in [4.69, 9.17) is 12.2 Å². The van der Waals surface area contributed by atoms with Crippen LogP contribution in [0, 0.1) is 11.8 Å². The van der Waals surface area contributed by atoms with Crippen molar-refractivity contribution in [2.75, 3.05) is 0 Å². The molecule has 0 N–H and O–H groups in total. The van der Waals surface area contributed by atoms with E-state index >= 15 is 0 Å². The Labute approximate surface area is 68.6 Å². The Morgan fingerprint density at radius 1 is 1.50 bits per heavy atom. The third kappa shape index (κ3) is 2.47. The van der Waals surface area contributed by atoms with E-state index in [2.05, 4.69) is 32.4 Å². The van der Waals surface area contributed by atoms with Crippen LogP contribution >= 0.6 is 12.2 Å². The molecule has 0 aliphatic rings. The van der Waals surface area contributed by atoms with E-state index in [1.165, 1.54) is 5.57 Å². The Bertz CT molecular complexity index is 162. The van der Waals surface area contributed by atoms with Gasteiger partial charge in [0.15, 0.2) is 0 Å². The molecule has 0 aromatic rings. The van der Waals surface area contributed by atoms with Crippen molar-refractivity contribution in [2.24, 2.45) is 11.8 Å². The van der Waals surface area contributed by atoms with E-state index in [9.17, 15) is 0 Å². The van der Waals surface area contributed by atoms with Crippen LogP contribution in [0.4, 0.5) is 0 Å². The van der Waals surface area contributed by atoms with Crippen molar-refractivity contribution in [2.45, 2.75) is 20.8 Å². The van der Waals surface area contributed by atoms with E-state index in [-0.39, 0.29) is 0 Å². The summed E-state index contributed by atoms with van der Waals surface area (Å²) in [5.41, 5.74) is 1.17. The Morgan fingerprint density at radius 2 is 2.00 bits per heavy atom. The standard InChI is InChI=1S/C9H14S/c1-5-8(4)9(6-10)7(2)3/h5,7-8H,1H2,2-4H3. The van der Waals surface area contributed by atoms with Crippen molar-refractivity contribution < 1.29 is 0 Å². The Morgan fingerprint density at radius 3 is 2.10 bits per heavy atom. The lowest BCUT2D eigenvalue weighted by Gasteiger charge is -2.11. The molecule has 0 saturated heterocycles. The van der Waals surface area contributed by atoms with Crippen LogP contribution in [0.3, 0.4) is 0 Å². The lowest BCUT2D eigenvalue weighted by molar-refractivity contribution is 0.679. The number of allylic oxidation sites excluding steroid dienone is 2. The van der Waals surface area contributed by atoms with Crippen LogP contribution in [0.5, 0.6) is 0 Å². The lowest BCUT2D eigenvalue weighted by Crippen LogP contribution is -2.02. The highest BCUT2D eigenvalue weighted by atomic mass is 32.1. The van der Waals surface area contributed by atoms with Crippen LogP contribution in [0.2, 0.25) is 0 Å². The van der Waals surface area contributed by atoms with Crippen molar-refractivity contribution in [3.05, 3.63) is 18.2 Å². The van der Waals surface area contributed by atoms with Crippen molar-refractivity contribution in [1.29, 1.82) is 0 Å². The zero-order chi connectivity index (χ0) is 8.15. The first kappa shape index (κ1) is 9.61. The zero-order valence-corrected chi connectivity index (χ0v) is 7.66. The van der Waals surface area contributed by atoms with E-state index in [1.54, 1.807) is 0 Å². The van der Waals surface area contributed by atoms with Crippen molar-refractivity contribution in [1.82, 2.24) is 0 Å². The van der Waals surface area contributed by atoms with E-state index in [0.29, 0.717) is 11.8 Å². The number of hydrogen-bond donors (Lipinski definition) is 0. The highest BCUT2D eigenvalue weighted by Crippen LogP contribution is 2.17. The number of thiocarbonyl (C=S) groups is 1. The van der Waals surface area contributed by atoms with Gasteiger partial charge in [-0.05, 0) is 28.7 Å². The summed E-state index contributed by atoms with van der Waals surface area (Å²) in [6, 6.07) is 0. The molecule has 0 fully saturated rings. The van der Waals surface area contributed by atoms with Gasteiger partial charge in [0.1, 0.15) is 0 Å². The lowest BCUT2D eigenvalue weighted by atomic mass is 9.93. The van der Waals surface area contributed by atoms with Gasteiger partial charge in [-0.1, -0.05) is 26.8 Å². The summed E-state index contributed by atoms with van der Waals surface area (Å²) >= 11 is 4.76. The molecule has 1 atom stereocenters. The quantitative estimate of drug-likeness (QED) is 0.445. The zero-order valence-electron chi connectivity index (χ0n) is 6.85. The predicted octanol–water partition coefficient (Wildman–Crippen LogP) is 2.99. The van der Waals surface area contributed by atoms with E-state index < -0.39 is 0 Å². The van der Waals surface area contributed by atoms with E-state index in [1.807, 2.05) is 6.08 Å². The van der Waals surface area contributed by atoms with Crippen molar-refractivity contribution in [3.63, 3.8) is 0 Å². The molecule has 10 heavy (non-hydrogen) atoms. The summed E-state index contributed by atoms with van der Waals surface area (Å²) in [5.74, 6) is 0.864. The fraction of sp³-hybridized carbons (Fsp3) is 0.556. The summed E-state index contributed by atoms with van der Waals surface area (Å²) in [6.45, 7) is 10.0. The third-order valence-corrected chi connectivity index (χ3v) is 1.82. The van der Waals surface area contributed by atoms with Gasteiger partial charge in [-0.3, -0.25) is 0 Å². The van der Waals surface area contributed by atoms with Crippen molar-refractivity contribution >= 4 is 17.2 Å². The maximum atomic E-state index is 4.76. The smallest absolute Gasteiger partial charge is 0.00329 e. The largest absolute Gasteiger partial charge is 0.102 e. The molecule has 56 valence electrons. The number of hydrogen-bond acceptors (Lipinski definition) is 1. The number of rotatable bonds is 3. The minimum absolute atomic E-state index is 0.373. The van der Waals surface area contributed by atoms with Crippen LogP contribution in [0.15, 0.2) is 18.2 Å². The predicted molar refractivity (Wildman–Crippen MR) is 50.3 cm³/mol. The summed E-state index contributed by atoms with van der Waals surface area (Å²) in [4.78, 5) is 0. The first-order chi connectivity index (χ1) is 4.63. The molecule has 1 unspecified atom stereocenters. The van der Waals surface area contributed by atoms with Gasteiger partial charge in [-0.2, -0.15) is 0 Å². The highest BCUT2D eigenvalue weighted by Gasteiger charge is 2.07. The second-order valence-electron chi connectivity index (χ2n) is 2.74. The fourth-order valence-corrected chi connectivity index (χ4v) is 1.29. The minimum atomic E-state index is 0.373. The summed E-state index contributed by atoms with van der Waals surface area (Å²) in [6.07, 6.45) is 1.90. The average molecular weight is 154 g/mol. The minimum Gasteiger partial charge on any atom is -0.102 e. The molecule has 0 radical (unpaired) electrons. The van der Waals surface area contributed by atoms with Gasteiger partial charge in [0.2, 0.25) is 0 Å². The van der Waals surface area contributed by atoms with Gasteiger partial charge in [0.05, 0.1) is 0 Å². The Balaban J connectivity index is 4.38. The first-order valence-corrected chi connectivity index (χ1v) is 3.91. The molecule has 0 saturated carbocycles. The third-order valence-electron chi connectivity index (χ3n) is 1.58. The molecule has 1 heteroatoms. The van der Waals surface area contributed by atoms with Crippen LogP contribution in [0.25, 0.3) is 0 Å². The van der Waals surface area contributed by atoms with E-state index in [0.717, 1.165) is 0 Å². The van der Waals surface area contributed by atoms with Crippen LogP contribution < -0.4 is 0 Å². The van der Waals surface area contributed by atoms with Crippen LogP contribution in [0.1, 0.15) is 20.8 Å². The molecule has 0 aromatic heterocycles. The summed E-state index contributed by atoms with van der Waals surface area (Å²) in [5, 5.41) is 2.78. The molecule has 0 nitrogen and oxygen atoms in total. The molecule has 0 aliphatic heterocycles. The fourth-order valence-electron chi connectivity index (χ4n) is 0.864. The van der Waals surface area contributed by atoms with Gasteiger partial charge in [-0.25, -0.2) is 0 Å². The maximum absolute atomic E-state index is 4.76. The topological polar surface area (TPSA) is 0 Å². The van der Waals surface area contributed by atoms with Gasteiger partial charge in [0.25, 0.3) is 0 Å². The summed E-state index contributed by atoms with van der Waals surface area (Å²) < 4.78 is 0. The Kier molecular flexibility index (Phi) is 4.26. The van der Waals surface area contributed by atoms with Crippen molar-refractivity contribution in [3.8, 4) is 0 Å². The molecule has 0 rings (SSSR count). The Hall–Kier alpha value is -0.390. The first-order valence-electron chi connectivity index (χ1n) is 3.51. The maximum Gasteiger partial charge on any atom is 0.00329 e. The normalized spacial score (nSPS) is 12.4. The summed E-state index contributed by atoms with van der Waals surface area (Å²) in [7, 11) is 0. The van der Waals surface area contributed by atoms with Crippen LogP contribution in [-0.2, 0) is 0 Å². The van der Waals surface area contributed by atoms with Gasteiger partial charge < -0.3 is 0 Å². The average Bonchev–Trinajstić information content (AvgIpc) is 1.88. The SMILES string of the molecule is C=CC(C)C(=C=S)C(C)C. The van der Waals surface area contributed by atoms with Gasteiger partial charge in [-0.15, -0.1) is 6.58 Å². The molecule has 0 amide bonds. The second-order valence-corrected chi connectivity index (χ2v) is 2.94. The molecule has 0 heterocycles.